The number of amides is 1. The predicted octanol–water partition coefficient (Wildman–Crippen LogP) is 5.21. The standard InChI is InChI=1S/C16H31NO2S2/c18-15(17-19)13-11-9-7-5-3-1-2-4-6-8-10-12-14-16(20)21/h19H,1-14H2,(H,17,18)(H,20,21). The molecule has 0 bridgehead atoms. The van der Waals surface area contributed by atoms with Crippen LogP contribution < -0.4 is 5.48 Å². The molecule has 0 unspecified atom stereocenters. The van der Waals surface area contributed by atoms with Crippen molar-refractivity contribution in [3.8, 4) is 0 Å². The Balaban J connectivity index is 3.02. The van der Waals surface area contributed by atoms with Gasteiger partial charge in [0.15, 0.2) is 0 Å². The van der Waals surface area contributed by atoms with Gasteiger partial charge in [-0.05, 0) is 19.3 Å². The van der Waals surface area contributed by atoms with E-state index in [9.17, 15) is 4.79 Å². The maximum absolute atomic E-state index is 10.8. The molecule has 0 aromatic carbocycles. The molecule has 124 valence electrons. The molecule has 0 aliphatic carbocycles. The topological polar surface area (TPSA) is 49.3 Å². The number of thiocarbonyl (C=S) groups is 1. The van der Waals surface area contributed by atoms with Gasteiger partial charge >= 0.3 is 0 Å². The number of hydrogen-bond donors (Lipinski definition) is 3. The summed E-state index contributed by atoms with van der Waals surface area (Å²) in [6, 6.07) is 0. The van der Waals surface area contributed by atoms with E-state index in [2.05, 4.69) is 12.6 Å². The molecular weight excluding hydrogens is 302 g/mol. The minimum Gasteiger partial charge on any atom is -0.289 e. The molecule has 21 heavy (non-hydrogen) atoms. The Labute approximate surface area is 140 Å². The van der Waals surface area contributed by atoms with E-state index in [0.717, 1.165) is 23.5 Å². The monoisotopic (exact) mass is 333 g/mol. The lowest BCUT2D eigenvalue weighted by molar-refractivity contribution is -0.129. The van der Waals surface area contributed by atoms with Gasteiger partial charge in [-0.25, -0.2) is 5.48 Å². The lowest BCUT2D eigenvalue weighted by Crippen LogP contribution is -2.17. The molecule has 2 N–H and O–H groups in total. The molecule has 0 fully saturated rings. The van der Waals surface area contributed by atoms with Crippen LogP contribution in [0.2, 0.25) is 0 Å². The zero-order valence-electron chi connectivity index (χ0n) is 13.1. The summed E-state index contributed by atoms with van der Waals surface area (Å²) in [5.41, 5.74) is 1.66. The first kappa shape index (κ1) is 20.9. The van der Waals surface area contributed by atoms with E-state index in [1.54, 1.807) is 5.48 Å². The van der Waals surface area contributed by atoms with Crippen LogP contribution in [0.1, 0.15) is 89.9 Å². The summed E-state index contributed by atoms with van der Waals surface area (Å²) in [6.45, 7) is 0. The highest BCUT2D eigenvalue weighted by atomic mass is 32.1. The number of thiol groups is 1. The average Bonchev–Trinajstić information content (AvgIpc) is 2.46. The van der Waals surface area contributed by atoms with Gasteiger partial charge in [0.25, 0.3) is 0 Å². The van der Waals surface area contributed by atoms with E-state index in [4.69, 9.17) is 17.4 Å². The van der Waals surface area contributed by atoms with Crippen molar-refractivity contribution in [1.29, 1.82) is 0 Å². The molecule has 0 aliphatic rings. The lowest BCUT2D eigenvalue weighted by Gasteiger charge is -2.03. The SMILES string of the molecule is O=C(CCCCCCCCCCCCCCC(=S)S)NO. The molecule has 1 amide bonds. The van der Waals surface area contributed by atoms with E-state index < -0.39 is 0 Å². The molecule has 0 heterocycles. The van der Waals surface area contributed by atoms with Gasteiger partial charge in [-0.15, -0.1) is 12.6 Å². The van der Waals surface area contributed by atoms with Crippen molar-refractivity contribution in [2.75, 3.05) is 0 Å². The van der Waals surface area contributed by atoms with Crippen molar-refractivity contribution >= 4 is 35.0 Å². The summed E-state index contributed by atoms with van der Waals surface area (Å²) in [7, 11) is 0. The Morgan fingerprint density at radius 1 is 0.762 bits per heavy atom. The van der Waals surface area contributed by atoms with Crippen molar-refractivity contribution in [2.24, 2.45) is 0 Å². The van der Waals surface area contributed by atoms with Crippen LogP contribution in [-0.2, 0) is 4.79 Å². The van der Waals surface area contributed by atoms with Gasteiger partial charge in [-0.2, -0.15) is 0 Å². The normalized spacial score (nSPS) is 10.6. The molecule has 3 nitrogen and oxygen atoms in total. The number of rotatable bonds is 15. The van der Waals surface area contributed by atoms with Crippen LogP contribution in [-0.4, -0.2) is 15.3 Å². The third kappa shape index (κ3) is 17.8. The fraction of sp³-hybridized carbons (Fsp3) is 0.875. The Hall–Kier alpha value is -0.130. The second-order valence-corrected chi connectivity index (χ2v) is 7.01. The van der Waals surface area contributed by atoms with Crippen LogP contribution in [0, 0.1) is 0 Å². The summed E-state index contributed by atoms with van der Waals surface area (Å²) < 4.78 is 0.840. The summed E-state index contributed by atoms with van der Waals surface area (Å²) in [5.74, 6) is -0.272. The van der Waals surface area contributed by atoms with E-state index in [-0.39, 0.29) is 5.91 Å². The first-order chi connectivity index (χ1) is 10.2. The van der Waals surface area contributed by atoms with Gasteiger partial charge in [-0.3, -0.25) is 10.0 Å². The van der Waals surface area contributed by atoms with Crippen LogP contribution in [0.15, 0.2) is 0 Å². The zero-order chi connectivity index (χ0) is 15.8. The molecule has 0 aliphatic heterocycles. The quantitative estimate of drug-likeness (QED) is 0.127. The third-order valence-corrected chi connectivity index (χ3v) is 4.10. The van der Waals surface area contributed by atoms with Gasteiger partial charge < -0.3 is 0 Å². The molecular formula is C16H31NO2S2. The van der Waals surface area contributed by atoms with Gasteiger partial charge in [0.1, 0.15) is 0 Å². The second-order valence-electron chi connectivity index (χ2n) is 5.67. The number of unbranched alkanes of at least 4 members (excludes halogenated alkanes) is 11. The molecule has 5 heteroatoms. The third-order valence-electron chi connectivity index (χ3n) is 3.67. The predicted molar refractivity (Wildman–Crippen MR) is 96.2 cm³/mol. The van der Waals surface area contributed by atoms with Crippen LogP contribution in [0.25, 0.3) is 0 Å². The van der Waals surface area contributed by atoms with Crippen LogP contribution in [0.3, 0.4) is 0 Å². The molecule has 0 spiro atoms. The number of carbonyl (C=O) groups excluding carboxylic acids is 1. The smallest absolute Gasteiger partial charge is 0.243 e. The van der Waals surface area contributed by atoms with Gasteiger partial charge in [-0.1, -0.05) is 76.4 Å². The Bertz CT molecular complexity index is 273. The second kappa shape index (κ2) is 16.2. The first-order valence-electron chi connectivity index (χ1n) is 8.31. The zero-order valence-corrected chi connectivity index (χ0v) is 14.8. The summed E-state index contributed by atoms with van der Waals surface area (Å²) in [6.07, 6.45) is 16.3. The van der Waals surface area contributed by atoms with E-state index in [0.29, 0.717) is 6.42 Å². The van der Waals surface area contributed by atoms with E-state index in [1.807, 2.05) is 0 Å². The molecule has 0 aromatic heterocycles. The number of carbonyl (C=O) groups is 1. The minimum atomic E-state index is -0.272. The van der Waals surface area contributed by atoms with E-state index in [1.165, 1.54) is 64.2 Å². The molecule has 0 saturated carbocycles. The fourth-order valence-corrected chi connectivity index (χ4v) is 2.69. The Kier molecular flexibility index (Phi) is 16.1. The number of hydroxylamine groups is 1. The largest absolute Gasteiger partial charge is 0.289 e. The highest BCUT2D eigenvalue weighted by molar-refractivity contribution is 8.11. The average molecular weight is 334 g/mol. The van der Waals surface area contributed by atoms with Crippen molar-refractivity contribution in [1.82, 2.24) is 5.48 Å². The van der Waals surface area contributed by atoms with Gasteiger partial charge in [0, 0.05) is 10.6 Å². The lowest BCUT2D eigenvalue weighted by atomic mass is 10.0. The van der Waals surface area contributed by atoms with E-state index >= 15 is 0 Å². The maximum Gasteiger partial charge on any atom is 0.243 e. The Morgan fingerprint density at radius 3 is 1.43 bits per heavy atom. The highest BCUT2D eigenvalue weighted by Gasteiger charge is 1.98. The van der Waals surface area contributed by atoms with Crippen molar-refractivity contribution in [3.63, 3.8) is 0 Å². The summed E-state index contributed by atoms with van der Waals surface area (Å²) in [4.78, 5) is 10.8. The fourth-order valence-electron chi connectivity index (χ4n) is 2.39. The van der Waals surface area contributed by atoms with Gasteiger partial charge in [0.2, 0.25) is 5.91 Å². The highest BCUT2D eigenvalue weighted by Crippen LogP contribution is 2.13. The Morgan fingerprint density at radius 2 is 1.10 bits per heavy atom. The van der Waals surface area contributed by atoms with Crippen LogP contribution in [0.4, 0.5) is 0 Å². The minimum absolute atomic E-state index is 0.272. The van der Waals surface area contributed by atoms with Crippen molar-refractivity contribution in [3.05, 3.63) is 0 Å². The van der Waals surface area contributed by atoms with Crippen molar-refractivity contribution in [2.45, 2.75) is 89.9 Å². The molecule has 0 aromatic rings. The summed E-state index contributed by atoms with van der Waals surface area (Å²) >= 11 is 9.06. The maximum atomic E-state index is 10.8. The molecule has 0 atom stereocenters. The number of hydrogen-bond acceptors (Lipinski definition) is 3. The van der Waals surface area contributed by atoms with Gasteiger partial charge in [0.05, 0.1) is 0 Å². The molecule has 0 saturated heterocycles. The molecule has 0 rings (SSSR count). The molecule has 0 radical (unpaired) electrons. The van der Waals surface area contributed by atoms with Crippen LogP contribution >= 0.6 is 24.8 Å². The number of nitrogens with one attached hydrogen (secondary N) is 1. The van der Waals surface area contributed by atoms with Crippen molar-refractivity contribution < 1.29 is 10.0 Å². The van der Waals surface area contributed by atoms with Crippen LogP contribution in [0.5, 0.6) is 0 Å². The summed E-state index contributed by atoms with van der Waals surface area (Å²) in [5, 5.41) is 8.34. The first-order valence-corrected chi connectivity index (χ1v) is 9.17.